The van der Waals surface area contributed by atoms with E-state index in [1.165, 1.54) is 13.0 Å². The molecule has 0 atom stereocenters. The van der Waals surface area contributed by atoms with Crippen LogP contribution in [0.5, 0.6) is 11.5 Å². The smallest absolute Gasteiger partial charge is 0.167 e. The van der Waals surface area contributed by atoms with Crippen LogP contribution in [0.2, 0.25) is 0 Å². The number of carbonyl (C=O) groups is 1. The Morgan fingerprint density at radius 1 is 1.54 bits per heavy atom. The standard InChI is InChI=1S/C10H12O3/c1-7-5-9(12)3-4-10(7)13-6-8(2)11/h3-5,12H,6H2,1-2H3. The second-order valence-electron chi connectivity index (χ2n) is 2.94. The molecule has 0 aliphatic rings. The molecule has 3 heteroatoms. The molecule has 0 radical (unpaired) electrons. The number of carbonyl (C=O) groups excluding carboxylic acids is 1. The summed E-state index contributed by atoms with van der Waals surface area (Å²) < 4.78 is 5.19. The Morgan fingerprint density at radius 3 is 2.77 bits per heavy atom. The quantitative estimate of drug-likeness (QED) is 0.769. The van der Waals surface area contributed by atoms with Crippen LogP contribution >= 0.6 is 0 Å². The third-order valence-electron chi connectivity index (χ3n) is 1.59. The fraction of sp³-hybridized carbons (Fsp3) is 0.300. The Balaban J connectivity index is 2.72. The third kappa shape index (κ3) is 2.78. The first-order chi connectivity index (χ1) is 6.09. The number of phenols is 1. The highest BCUT2D eigenvalue weighted by molar-refractivity contribution is 5.77. The lowest BCUT2D eigenvalue weighted by molar-refractivity contribution is -0.118. The molecular weight excluding hydrogens is 168 g/mol. The van der Waals surface area contributed by atoms with E-state index in [0.717, 1.165) is 5.56 Å². The van der Waals surface area contributed by atoms with Crippen molar-refractivity contribution in [3.05, 3.63) is 23.8 Å². The molecule has 0 aromatic heterocycles. The number of rotatable bonds is 3. The Bertz CT molecular complexity index is 318. The van der Waals surface area contributed by atoms with Gasteiger partial charge in [-0.2, -0.15) is 0 Å². The second-order valence-corrected chi connectivity index (χ2v) is 2.94. The van der Waals surface area contributed by atoms with E-state index < -0.39 is 0 Å². The lowest BCUT2D eigenvalue weighted by Crippen LogP contribution is -2.07. The molecule has 1 aromatic rings. The predicted octanol–water partition coefficient (Wildman–Crippen LogP) is 1.67. The van der Waals surface area contributed by atoms with E-state index in [0.29, 0.717) is 5.75 Å². The average molecular weight is 180 g/mol. The molecule has 0 spiro atoms. The highest BCUT2D eigenvalue weighted by atomic mass is 16.5. The van der Waals surface area contributed by atoms with Crippen molar-refractivity contribution in [3.8, 4) is 11.5 Å². The summed E-state index contributed by atoms with van der Waals surface area (Å²) in [5, 5.41) is 9.09. The van der Waals surface area contributed by atoms with Crippen LogP contribution < -0.4 is 4.74 Å². The molecule has 0 bridgehead atoms. The Morgan fingerprint density at radius 2 is 2.23 bits per heavy atom. The summed E-state index contributed by atoms with van der Waals surface area (Å²) in [5.41, 5.74) is 0.821. The first-order valence-electron chi connectivity index (χ1n) is 4.01. The number of phenolic OH excluding ortho intramolecular Hbond substituents is 1. The van der Waals surface area contributed by atoms with Gasteiger partial charge in [-0.3, -0.25) is 4.79 Å². The average Bonchev–Trinajstić information content (AvgIpc) is 2.02. The summed E-state index contributed by atoms with van der Waals surface area (Å²) in [4.78, 5) is 10.6. The zero-order valence-electron chi connectivity index (χ0n) is 7.70. The number of Topliss-reactive ketones (excluding diaryl/α,β-unsaturated/α-hetero) is 1. The van der Waals surface area contributed by atoms with Gasteiger partial charge in [0.1, 0.15) is 18.1 Å². The van der Waals surface area contributed by atoms with Gasteiger partial charge in [-0.25, -0.2) is 0 Å². The van der Waals surface area contributed by atoms with E-state index >= 15 is 0 Å². The van der Waals surface area contributed by atoms with Crippen molar-refractivity contribution in [3.63, 3.8) is 0 Å². The van der Waals surface area contributed by atoms with E-state index in [4.69, 9.17) is 9.84 Å². The number of benzene rings is 1. The summed E-state index contributed by atoms with van der Waals surface area (Å²) in [6.07, 6.45) is 0. The van der Waals surface area contributed by atoms with Crippen LogP contribution in [0.4, 0.5) is 0 Å². The van der Waals surface area contributed by atoms with E-state index in [-0.39, 0.29) is 18.1 Å². The van der Waals surface area contributed by atoms with Crippen molar-refractivity contribution in [1.82, 2.24) is 0 Å². The molecule has 3 nitrogen and oxygen atoms in total. The maximum Gasteiger partial charge on any atom is 0.167 e. The minimum absolute atomic E-state index is 0.0209. The normalized spacial score (nSPS) is 9.69. The van der Waals surface area contributed by atoms with Crippen molar-refractivity contribution >= 4 is 5.78 Å². The van der Waals surface area contributed by atoms with Crippen LogP contribution in [0.15, 0.2) is 18.2 Å². The lowest BCUT2D eigenvalue weighted by Gasteiger charge is -2.06. The summed E-state index contributed by atoms with van der Waals surface area (Å²) in [6.45, 7) is 3.36. The SMILES string of the molecule is CC(=O)COc1ccc(O)cc1C. The fourth-order valence-electron chi connectivity index (χ4n) is 0.975. The molecule has 70 valence electrons. The number of ether oxygens (including phenoxy) is 1. The molecule has 1 N–H and O–H groups in total. The second kappa shape index (κ2) is 3.94. The van der Waals surface area contributed by atoms with Crippen molar-refractivity contribution in [2.24, 2.45) is 0 Å². The Hall–Kier alpha value is -1.51. The van der Waals surface area contributed by atoms with Gasteiger partial charge in [0, 0.05) is 0 Å². The predicted molar refractivity (Wildman–Crippen MR) is 49.0 cm³/mol. The molecule has 0 unspecified atom stereocenters. The Kier molecular flexibility index (Phi) is 2.90. The Labute approximate surface area is 77.0 Å². The summed E-state index contributed by atoms with van der Waals surface area (Å²) in [7, 11) is 0. The number of hydrogen-bond donors (Lipinski definition) is 1. The third-order valence-corrected chi connectivity index (χ3v) is 1.59. The van der Waals surface area contributed by atoms with Gasteiger partial charge in [0.05, 0.1) is 0 Å². The van der Waals surface area contributed by atoms with Crippen LogP contribution in [-0.4, -0.2) is 17.5 Å². The molecule has 0 aliphatic heterocycles. The largest absolute Gasteiger partial charge is 0.508 e. The highest BCUT2D eigenvalue weighted by Gasteiger charge is 2.01. The van der Waals surface area contributed by atoms with Gasteiger partial charge in [-0.1, -0.05) is 0 Å². The summed E-state index contributed by atoms with van der Waals surface area (Å²) >= 11 is 0. The van der Waals surface area contributed by atoms with Crippen LogP contribution in [-0.2, 0) is 4.79 Å². The first kappa shape index (κ1) is 9.58. The van der Waals surface area contributed by atoms with E-state index in [2.05, 4.69) is 0 Å². The van der Waals surface area contributed by atoms with Gasteiger partial charge in [0.25, 0.3) is 0 Å². The molecular formula is C10H12O3. The van der Waals surface area contributed by atoms with Crippen LogP contribution in [0, 0.1) is 6.92 Å². The minimum Gasteiger partial charge on any atom is -0.508 e. The summed E-state index contributed by atoms with van der Waals surface area (Å²) in [6, 6.07) is 4.77. The van der Waals surface area contributed by atoms with Gasteiger partial charge in [-0.15, -0.1) is 0 Å². The molecule has 1 aromatic carbocycles. The van der Waals surface area contributed by atoms with Gasteiger partial charge in [0.15, 0.2) is 5.78 Å². The first-order valence-corrected chi connectivity index (χ1v) is 4.01. The topological polar surface area (TPSA) is 46.5 Å². The molecule has 13 heavy (non-hydrogen) atoms. The maximum atomic E-state index is 10.6. The molecule has 0 fully saturated rings. The maximum absolute atomic E-state index is 10.6. The molecule has 1 rings (SSSR count). The molecule has 0 saturated carbocycles. The van der Waals surface area contributed by atoms with Gasteiger partial charge in [-0.05, 0) is 37.6 Å². The van der Waals surface area contributed by atoms with Crippen LogP contribution in [0.3, 0.4) is 0 Å². The zero-order chi connectivity index (χ0) is 9.84. The molecule has 0 heterocycles. The summed E-state index contributed by atoms with van der Waals surface area (Å²) in [5.74, 6) is 0.813. The van der Waals surface area contributed by atoms with Gasteiger partial charge in [0.2, 0.25) is 0 Å². The van der Waals surface area contributed by atoms with E-state index in [1.807, 2.05) is 6.92 Å². The number of aromatic hydroxyl groups is 1. The minimum atomic E-state index is -0.0209. The van der Waals surface area contributed by atoms with Crippen molar-refractivity contribution in [1.29, 1.82) is 0 Å². The van der Waals surface area contributed by atoms with E-state index in [1.54, 1.807) is 12.1 Å². The van der Waals surface area contributed by atoms with Gasteiger partial charge < -0.3 is 9.84 Å². The van der Waals surface area contributed by atoms with Gasteiger partial charge >= 0.3 is 0 Å². The molecule has 0 amide bonds. The number of aryl methyl sites for hydroxylation is 1. The molecule has 0 saturated heterocycles. The fourth-order valence-corrected chi connectivity index (χ4v) is 0.975. The lowest BCUT2D eigenvalue weighted by atomic mass is 10.2. The molecule has 0 aliphatic carbocycles. The number of ketones is 1. The zero-order valence-corrected chi connectivity index (χ0v) is 7.70. The van der Waals surface area contributed by atoms with Crippen molar-refractivity contribution in [2.75, 3.05) is 6.61 Å². The number of hydrogen-bond acceptors (Lipinski definition) is 3. The monoisotopic (exact) mass is 180 g/mol. The van der Waals surface area contributed by atoms with E-state index in [9.17, 15) is 4.79 Å². The van der Waals surface area contributed by atoms with Crippen molar-refractivity contribution < 1.29 is 14.6 Å². The van der Waals surface area contributed by atoms with Crippen molar-refractivity contribution in [2.45, 2.75) is 13.8 Å². The van der Waals surface area contributed by atoms with Crippen LogP contribution in [0.25, 0.3) is 0 Å². The highest BCUT2D eigenvalue weighted by Crippen LogP contribution is 2.22. The van der Waals surface area contributed by atoms with Crippen LogP contribution in [0.1, 0.15) is 12.5 Å².